The SMILES string of the molecule is Nc1c(OC[C@H](O)[C@H](O)[C@H](O)CO)[nH]c(=O)[nH]c1=O. The summed E-state index contributed by atoms with van der Waals surface area (Å²) < 4.78 is 4.87. The highest BCUT2D eigenvalue weighted by Crippen LogP contribution is 2.10. The van der Waals surface area contributed by atoms with Gasteiger partial charge in [-0.25, -0.2) is 4.79 Å². The number of aromatic nitrogens is 2. The van der Waals surface area contributed by atoms with E-state index in [2.05, 4.69) is 4.98 Å². The van der Waals surface area contributed by atoms with Gasteiger partial charge in [0.1, 0.15) is 24.9 Å². The lowest BCUT2D eigenvalue weighted by Gasteiger charge is -2.21. The van der Waals surface area contributed by atoms with Crippen LogP contribution >= 0.6 is 0 Å². The van der Waals surface area contributed by atoms with Crippen LogP contribution in [0.3, 0.4) is 0 Å². The van der Waals surface area contributed by atoms with Gasteiger partial charge in [0.05, 0.1) is 6.61 Å². The van der Waals surface area contributed by atoms with E-state index < -0.39 is 48.5 Å². The average Bonchev–Trinajstić information content (AvgIpc) is 2.38. The van der Waals surface area contributed by atoms with Crippen LogP contribution in [0.5, 0.6) is 5.88 Å². The molecular weight excluding hydrogens is 262 g/mol. The molecule has 0 aromatic carbocycles. The maximum Gasteiger partial charge on any atom is 0.328 e. The van der Waals surface area contributed by atoms with Gasteiger partial charge in [-0.05, 0) is 0 Å². The molecule has 0 fully saturated rings. The molecule has 0 saturated heterocycles. The lowest BCUT2D eigenvalue weighted by molar-refractivity contribution is -0.0874. The van der Waals surface area contributed by atoms with Gasteiger partial charge in [0, 0.05) is 0 Å². The largest absolute Gasteiger partial charge is 0.474 e. The molecule has 0 saturated carbocycles. The molecule has 1 heterocycles. The molecule has 0 aliphatic heterocycles. The van der Waals surface area contributed by atoms with E-state index in [0.29, 0.717) is 0 Å². The smallest absolute Gasteiger partial charge is 0.328 e. The molecule has 0 radical (unpaired) electrons. The fourth-order valence-corrected chi connectivity index (χ4v) is 1.22. The average molecular weight is 277 g/mol. The van der Waals surface area contributed by atoms with Crippen LogP contribution < -0.4 is 21.7 Å². The van der Waals surface area contributed by atoms with Crippen molar-refractivity contribution in [3.63, 3.8) is 0 Å². The maximum atomic E-state index is 11.1. The molecule has 0 aliphatic carbocycles. The molecule has 10 heteroatoms. The summed E-state index contributed by atoms with van der Waals surface area (Å²) in [6.45, 7) is -1.30. The standard InChI is InChI=1S/C9H15N3O7/c10-5-7(17)11-9(18)12-8(5)19-2-4(15)6(16)3(14)1-13/h3-4,6,13-16H,1-2,10H2,(H2,11,12,17,18)/t3-,4+,6-/m1/s1. The number of H-pyrrole nitrogens is 2. The topological polar surface area (TPSA) is 182 Å². The molecule has 108 valence electrons. The highest BCUT2D eigenvalue weighted by Gasteiger charge is 2.25. The van der Waals surface area contributed by atoms with Crippen molar-refractivity contribution in [1.29, 1.82) is 0 Å². The molecule has 1 aromatic rings. The first-order valence-electron chi connectivity index (χ1n) is 5.26. The van der Waals surface area contributed by atoms with E-state index in [-0.39, 0.29) is 5.88 Å². The van der Waals surface area contributed by atoms with Crippen molar-refractivity contribution < 1.29 is 25.2 Å². The highest BCUT2D eigenvalue weighted by atomic mass is 16.5. The number of aliphatic hydroxyl groups is 4. The number of ether oxygens (including phenoxy) is 1. The summed E-state index contributed by atoms with van der Waals surface area (Å²) in [5, 5.41) is 36.4. The van der Waals surface area contributed by atoms with Gasteiger partial charge in [-0.1, -0.05) is 0 Å². The fraction of sp³-hybridized carbons (Fsp3) is 0.556. The van der Waals surface area contributed by atoms with E-state index in [1.54, 1.807) is 0 Å². The summed E-state index contributed by atoms with van der Waals surface area (Å²) in [4.78, 5) is 26.0. The van der Waals surface area contributed by atoms with Crippen LogP contribution in [0.25, 0.3) is 0 Å². The summed E-state index contributed by atoms with van der Waals surface area (Å²) >= 11 is 0. The minimum Gasteiger partial charge on any atom is -0.474 e. The Morgan fingerprint density at radius 3 is 2.37 bits per heavy atom. The Kier molecular flexibility index (Phi) is 5.06. The van der Waals surface area contributed by atoms with E-state index >= 15 is 0 Å². The van der Waals surface area contributed by atoms with E-state index in [4.69, 9.17) is 20.7 Å². The summed E-state index contributed by atoms with van der Waals surface area (Å²) in [6, 6.07) is 0. The molecule has 0 amide bonds. The Balaban J connectivity index is 2.72. The molecule has 10 nitrogen and oxygen atoms in total. The number of rotatable bonds is 6. The molecule has 1 rings (SSSR count). The number of hydrogen-bond acceptors (Lipinski definition) is 8. The number of aliphatic hydroxyl groups excluding tert-OH is 4. The van der Waals surface area contributed by atoms with Crippen molar-refractivity contribution in [2.45, 2.75) is 18.3 Å². The minimum atomic E-state index is -1.65. The maximum absolute atomic E-state index is 11.1. The van der Waals surface area contributed by atoms with Crippen LogP contribution in [-0.2, 0) is 0 Å². The number of nitrogens with one attached hydrogen (secondary N) is 2. The predicted octanol–water partition coefficient (Wildman–Crippen LogP) is -3.90. The molecule has 0 aliphatic rings. The zero-order chi connectivity index (χ0) is 14.6. The van der Waals surface area contributed by atoms with Gasteiger partial charge in [-0.3, -0.25) is 14.8 Å². The van der Waals surface area contributed by atoms with Gasteiger partial charge in [0.2, 0.25) is 5.88 Å². The van der Waals surface area contributed by atoms with Crippen LogP contribution in [0, 0.1) is 0 Å². The highest BCUT2D eigenvalue weighted by molar-refractivity contribution is 5.44. The van der Waals surface area contributed by atoms with Gasteiger partial charge in [0.15, 0.2) is 5.69 Å². The van der Waals surface area contributed by atoms with Crippen LogP contribution in [0.15, 0.2) is 9.59 Å². The minimum absolute atomic E-state index is 0.363. The summed E-state index contributed by atoms with van der Waals surface area (Å²) in [5.41, 5.74) is 3.22. The summed E-state index contributed by atoms with van der Waals surface area (Å²) in [5.74, 6) is -0.363. The molecule has 1 aromatic heterocycles. The summed E-state index contributed by atoms with van der Waals surface area (Å²) in [6.07, 6.45) is -4.75. The zero-order valence-electron chi connectivity index (χ0n) is 9.74. The van der Waals surface area contributed by atoms with Gasteiger partial charge >= 0.3 is 5.69 Å². The van der Waals surface area contributed by atoms with Crippen molar-refractivity contribution in [3.8, 4) is 5.88 Å². The number of nitrogen functional groups attached to an aromatic ring is 1. The molecule has 0 unspecified atom stereocenters. The third-order valence-electron chi connectivity index (χ3n) is 2.32. The third kappa shape index (κ3) is 3.79. The van der Waals surface area contributed by atoms with Crippen LogP contribution in [0.4, 0.5) is 5.69 Å². The Labute approximate surface area is 106 Å². The van der Waals surface area contributed by atoms with E-state index in [0.717, 1.165) is 0 Å². The van der Waals surface area contributed by atoms with Gasteiger partial charge in [0.25, 0.3) is 5.56 Å². The van der Waals surface area contributed by atoms with E-state index in [9.17, 15) is 19.8 Å². The van der Waals surface area contributed by atoms with Crippen molar-refractivity contribution in [3.05, 3.63) is 20.8 Å². The van der Waals surface area contributed by atoms with E-state index in [1.807, 2.05) is 4.98 Å². The van der Waals surface area contributed by atoms with Crippen LogP contribution in [0.1, 0.15) is 0 Å². The first kappa shape index (κ1) is 15.2. The second-order valence-corrected chi connectivity index (χ2v) is 3.77. The fourth-order valence-electron chi connectivity index (χ4n) is 1.22. The first-order chi connectivity index (χ1) is 8.86. The quantitative estimate of drug-likeness (QED) is 0.275. The third-order valence-corrected chi connectivity index (χ3v) is 2.32. The molecule has 0 spiro atoms. The van der Waals surface area contributed by atoms with Crippen LogP contribution in [0.2, 0.25) is 0 Å². The Morgan fingerprint density at radius 1 is 1.16 bits per heavy atom. The van der Waals surface area contributed by atoms with Gasteiger partial charge in [-0.2, -0.15) is 0 Å². The normalized spacial score (nSPS) is 15.8. The van der Waals surface area contributed by atoms with E-state index in [1.165, 1.54) is 0 Å². The zero-order valence-corrected chi connectivity index (χ0v) is 9.74. The Morgan fingerprint density at radius 2 is 1.79 bits per heavy atom. The molecule has 19 heavy (non-hydrogen) atoms. The molecular formula is C9H15N3O7. The van der Waals surface area contributed by atoms with Crippen molar-refractivity contribution in [2.24, 2.45) is 0 Å². The van der Waals surface area contributed by atoms with Crippen molar-refractivity contribution in [2.75, 3.05) is 18.9 Å². The predicted molar refractivity (Wildman–Crippen MR) is 62.7 cm³/mol. The molecule has 3 atom stereocenters. The number of hydrogen-bond donors (Lipinski definition) is 7. The van der Waals surface area contributed by atoms with Gasteiger partial charge in [-0.15, -0.1) is 0 Å². The summed E-state index contributed by atoms with van der Waals surface area (Å²) in [7, 11) is 0. The van der Waals surface area contributed by atoms with Crippen molar-refractivity contribution in [1.82, 2.24) is 9.97 Å². The Bertz CT molecular complexity index is 525. The van der Waals surface area contributed by atoms with Gasteiger partial charge < -0.3 is 30.9 Å². The molecule has 0 bridgehead atoms. The lowest BCUT2D eigenvalue weighted by atomic mass is 10.1. The number of aromatic amines is 2. The number of nitrogens with two attached hydrogens (primary N) is 1. The van der Waals surface area contributed by atoms with Crippen LogP contribution in [-0.4, -0.2) is 61.9 Å². The first-order valence-corrected chi connectivity index (χ1v) is 5.26. The number of anilines is 1. The second-order valence-electron chi connectivity index (χ2n) is 3.77. The Hall–Kier alpha value is -1.88. The lowest BCUT2D eigenvalue weighted by Crippen LogP contribution is -2.42. The monoisotopic (exact) mass is 277 g/mol. The second kappa shape index (κ2) is 6.33. The van der Waals surface area contributed by atoms with Crippen molar-refractivity contribution >= 4 is 5.69 Å². The molecule has 8 N–H and O–H groups in total.